The van der Waals surface area contributed by atoms with Crippen LogP contribution in [-0.4, -0.2) is 40.6 Å². The first-order valence-electron chi connectivity index (χ1n) is 10.5. The van der Waals surface area contributed by atoms with Crippen LogP contribution in [0.1, 0.15) is 17.2 Å². The zero-order valence-corrected chi connectivity index (χ0v) is 19.6. The molecule has 0 saturated heterocycles. The summed E-state index contributed by atoms with van der Waals surface area (Å²) in [6.45, 7) is 0. The third kappa shape index (κ3) is 4.18. The van der Waals surface area contributed by atoms with Crippen molar-refractivity contribution in [1.29, 1.82) is 0 Å². The van der Waals surface area contributed by atoms with Gasteiger partial charge in [0.15, 0.2) is 11.2 Å². The number of halogens is 1. The average Bonchev–Trinajstić information content (AvgIpc) is 3.21. The van der Waals surface area contributed by atoms with Gasteiger partial charge in [-0.15, -0.1) is 0 Å². The van der Waals surface area contributed by atoms with E-state index in [2.05, 4.69) is 10.3 Å². The van der Waals surface area contributed by atoms with Crippen molar-refractivity contribution in [3.05, 3.63) is 88.9 Å². The number of thioether (sulfide) groups is 1. The quantitative estimate of drug-likeness (QED) is 0.542. The molecule has 0 saturated carbocycles. The van der Waals surface area contributed by atoms with Crippen molar-refractivity contribution < 1.29 is 14.3 Å². The number of para-hydroxylation sites is 1. The molecule has 5 rings (SSSR count). The first kappa shape index (κ1) is 22.2. The number of amidine groups is 2. The zero-order valence-electron chi connectivity index (χ0n) is 18.1. The summed E-state index contributed by atoms with van der Waals surface area (Å²) in [6.07, 6.45) is 0. The van der Waals surface area contributed by atoms with Crippen LogP contribution in [-0.2, 0) is 9.59 Å². The number of carbonyl (C=O) groups is 2. The lowest BCUT2D eigenvalue weighted by Crippen LogP contribution is -2.40. The Hall–Kier alpha value is -3.62. The first-order chi connectivity index (χ1) is 16.5. The van der Waals surface area contributed by atoms with Crippen molar-refractivity contribution >= 4 is 57.6 Å². The average molecular weight is 491 g/mol. The van der Waals surface area contributed by atoms with Crippen LogP contribution in [0, 0.1) is 0 Å². The van der Waals surface area contributed by atoms with E-state index in [-0.39, 0.29) is 17.6 Å². The fourth-order valence-corrected chi connectivity index (χ4v) is 4.83. The summed E-state index contributed by atoms with van der Waals surface area (Å²) in [5.74, 6) is 0.685. The number of hydrogen-bond donors (Lipinski definition) is 1. The summed E-state index contributed by atoms with van der Waals surface area (Å²) >= 11 is 7.32. The minimum atomic E-state index is -0.650. The second kappa shape index (κ2) is 9.32. The lowest BCUT2D eigenvalue weighted by atomic mass is 10.1. The molecular formula is C25H19ClN4O3S. The highest BCUT2D eigenvalue weighted by Crippen LogP contribution is 2.37. The molecule has 0 bridgehead atoms. The summed E-state index contributed by atoms with van der Waals surface area (Å²) in [7, 11) is 1.53. The van der Waals surface area contributed by atoms with E-state index in [1.165, 1.54) is 23.8 Å². The number of methoxy groups -OCH3 is 1. The third-order valence-corrected chi connectivity index (χ3v) is 6.59. The number of aliphatic imine (C=N–C) groups is 2. The Bertz CT molecular complexity index is 1340. The van der Waals surface area contributed by atoms with Crippen LogP contribution in [0.4, 0.5) is 11.4 Å². The van der Waals surface area contributed by atoms with Crippen LogP contribution in [0.3, 0.4) is 0 Å². The van der Waals surface area contributed by atoms with E-state index < -0.39 is 6.04 Å². The van der Waals surface area contributed by atoms with Gasteiger partial charge in [-0.25, -0.2) is 14.9 Å². The molecule has 0 aromatic heterocycles. The standard InChI is InChI=1S/C25H19ClN4O3S/c1-33-20-12-11-16(13-18(20)26)27-21(31)14-34-25-28-19-10-6-5-9-17(19)23-29-22(24(32)30(23)25)15-7-3-2-4-8-15/h2-13,22H,14H2,1H3,(H,27,31). The number of nitrogens with zero attached hydrogens (tertiary/aromatic N) is 3. The summed E-state index contributed by atoms with van der Waals surface area (Å²) in [6, 6.07) is 21.3. The second-order valence-electron chi connectivity index (χ2n) is 7.54. The van der Waals surface area contributed by atoms with Crippen LogP contribution in [0.5, 0.6) is 5.75 Å². The van der Waals surface area contributed by atoms with Crippen molar-refractivity contribution in [2.45, 2.75) is 6.04 Å². The van der Waals surface area contributed by atoms with Crippen molar-refractivity contribution in [1.82, 2.24) is 4.90 Å². The van der Waals surface area contributed by atoms with Gasteiger partial charge in [-0.3, -0.25) is 9.59 Å². The minimum absolute atomic E-state index is 0.0533. The number of amides is 2. The maximum Gasteiger partial charge on any atom is 0.263 e. The topological polar surface area (TPSA) is 83.4 Å². The van der Waals surface area contributed by atoms with Crippen molar-refractivity contribution in [2.24, 2.45) is 9.98 Å². The lowest BCUT2D eigenvalue weighted by molar-refractivity contribution is -0.124. The summed E-state index contributed by atoms with van der Waals surface area (Å²) in [5, 5.41) is 3.63. The molecule has 7 nitrogen and oxygen atoms in total. The number of fused-ring (bicyclic) bond motifs is 3. The lowest BCUT2D eigenvalue weighted by Gasteiger charge is -2.25. The third-order valence-electron chi connectivity index (χ3n) is 5.35. The van der Waals surface area contributed by atoms with Gasteiger partial charge >= 0.3 is 0 Å². The van der Waals surface area contributed by atoms with Crippen LogP contribution >= 0.6 is 23.4 Å². The molecule has 9 heteroatoms. The van der Waals surface area contributed by atoms with E-state index in [9.17, 15) is 9.59 Å². The summed E-state index contributed by atoms with van der Waals surface area (Å²) in [4.78, 5) is 36.9. The fraction of sp³-hybridized carbons (Fsp3) is 0.120. The van der Waals surface area contributed by atoms with E-state index in [0.717, 1.165) is 11.1 Å². The number of ether oxygens (including phenoxy) is 1. The molecule has 0 radical (unpaired) electrons. The van der Waals surface area contributed by atoms with E-state index in [1.807, 2.05) is 54.6 Å². The fourth-order valence-electron chi connectivity index (χ4n) is 3.77. The van der Waals surface area contributed by atoms with E-state index >= 15 is 0 Å². The minimum Gasteiger partial charge on any atom is -0.495 e. The molecule has 0 fully saturated rings. The Morgan fingerprint density at radius 3 is 2.65 bits per heavy atom. The molecule has 3 aromatic carbocycles. The normalized spacial score (nSPS) is 16.4. The van der Waals surface area contributed by atoms with Gasteiger partial charge in [-0.05, 0) is 35.9 Å². The Morgan fingerprint density at radius 1 is 1.12 bits per heavy atom. The van der Waals surface area contributed by atoms with Gasteiger partial charge in [-0.1, -0.05) is 65.8 Å². The maximum absolute atomic E-state index is 13.4. The van der Waals surface area contributed by atoms with Crippen LogP contribution < -0.4 is 10.1 Å². The Kier molecular flexibility index (Phi) is 6.08. The molecule has 34 heavy (non-hydrogen) atoms. The van der Waals surface area contributed by atoms with Gasteiger partial charge < -0.3 is 10.1 Å². The molecule has 3 aromatic rings. The molecule has 2 aliphatic rings. The number of carbonyl (C=O) groups excluding carboxylic acids is 2. The summed E-state index contributed by atoms with van der Waals surface area (Å²) in [5.41, 5.74) is 2.86. The highest BCUT2D eigenvalue weighted by molar-refractivity contribution is 8.14. The largest absolute Gasteiger partial charge is 0.495 e. The van der Waals surface area contributed by atoms with Gasteiger partial charge in [0.05, 0.1) is 23.6 Å². The zero-order chi connectivity index (χ0) is 23.7. The van der Waals surface area contributed by atoms with Crippen molar-refractivity contribution in [3.63, 3.8) is 0 Å². The van der Waals surface area contributed by atoms with Crippen LogP contribution in [0.25, 0.3) is 0 Å². The highest BCUT2D eigenvalue weighted by atomic mass is 35.5. The number of benzene rings is 3. The molecular weight excluding hydrogens is 472 g/mol. The van der Waals surface area contributed by atoms with Gasteiger partial charge in [0.25, 0.3) is 5.91 Å². The number of hydrogen-bond acceptors (Lipinski definition) is 6. The number of rotatable bonds is 5. The van der Waals surface area contributed by atoms with Crippen molar-refractivity contribution in [3.8, 4) is 5.75 Å². The van der Waals surface area contributed by atoms with E-state index in [1.54, 1.807) is 18.2 Å². The number of nitrogens with one attached hydrogen (secondary N) is 1. The Labute approximate surface area is 205 Å². The second-order valence-corrected chi connectivity index (χ2v) is 8.89. The van der Waals surface area contributed by atoms with Gasteiger partial charge in [0, 0.05) is 11.3 Å². The molecule has 2 heterocycles. The Morgan fingerprint density at radius 2 is 1.88 bits per heavy atom. The molecule has 1 atom stereocenters. The van der Waals surface area contributed by atoms with Crippen LogP contribution in [0.2, 0.25) is 5.02 Å². The predicted molar refractivity (Wildman–Crippen MR) is 135 cm³/mol. The monoisotopic (exact) mass is 490 g/mol. The maximum atomic E-state index is 13.4. The predicted octanol–water partition coefficient (Wildman–Crippen LogP) is 5.05. The molecule has 2 aliphatic heterocycles. The van der Waals surface area contributed by atoms with E-state index in [0.29, 0.717) is 33.2 Å². The van der Waals surface area contributed by atoms with Crippen molar-refractivity contribution in [2.75, 3.05) is 18.2 Å². The molecule has 170 valence electrons. The Balaban J connectivity index is 1.37. The molecule has 2 amide bonds. The highest BCUT2D eigenvalue weighted by Gasteiger charge is 2.42. The molecule has 0 aliphatic carbocycles. The summed E-state index contributed by atoms with van der Waals surface area (Å²) < 4.78 is 5.14. The molecule has 1 N–H and O–H groups in total. The molecule has 1 unspecified atom stereocenters. The van der Waals surface area contributed by atoms with Crippen LogP contribution in [0.15, 0.2) is 82.8 Å². The SMILES string of the molecule is COc1ccc(NC(=O)CSC2=Nc3ccccc3C3=NC(c4ccccc4)C(=O)N23)cc1Cl. The van der Waals surface area contributed by atoms with Gasteiger partial charge in [0.1, 0.15) is 11.6 Å². The first-order valence-corrected chi connectivity index (χ1v) is 11.8. The number of anilines is 1. The van der Waals surface area contributed by atoms with E-state index in [4.69, 9.17) is 21.3 Å². The van der Waals surface area contributed by atoms with Gasteiger partial charge in [-0.2, -0.15) is 0 Å². The van der Waals surface area contributed by atoms with Gasteiger partial charge in [0.2, 0.25) is 5.91 Å². The molecule has 0 spiro atoms. The smallest absolute Gasteiger partial charge is 0.263 e.